The van der Waals surface area contributed by atoms with E-state index in [1.807, 2.05) is 80.6 Å². The lowest BCUT2D eigenvalue weighted by Gasteiger charge is -2.07. The first-order chi connectivity index (χ1) is 12.7. The molecule has 26 heavy (non-hydrogen) atoms. The zero-order chi connectivity index (χ0) is 18.4. The van der Waals surface area contributed by atoms with Gasteiger partial charge in [-0.05, 0) is 60.0 Å². The van der Waals surface area contributed by atoms with Gasteiger partial charge in [0.25, 0.3) is 0 Å². The Balaban J connectivity index is 1.66. The summed E-state index contributed by atoms with van der Waals surface area (Å²) in [5.74, 6) is 0.690. The fraction of sp³-hybridized carbons (Fsp3) is 0.182. The van der Waals surface area contributed by atoms with Crippen molar-refractivity contribution in [3.63, 3.8) is 0 Å². The Bertz CT molecular complexity index is 925. The van der Waals surface area contributed by atoms with E-state index in [2.05, 4.69) is 10.5 Å². The predicted molar refractivity (Wildman–Crippen MR) is 106 cm³/mol. The second-order valence-corrected chi connectivity index (χ2v) is 6.00. The molecule has 0 heterocycles. The summed E-state index contributed by atoms with van der Waals surface area (Å²) in [6.45, 7) is 4.45. The van der Waals surface area contributed by atoms with Crippen LogP contribution in [0.15, 0.2) is 71.8 Å². The van der Waals surface area contributed by atoms with Gasteiger partial charge in [0, 0.05) is 0 Å². The van der Waals surface area contributed by atoms with Crippen molar-refractivity contribution in [3.8, 4) is 5.75 Å². The number of rotatable bonds is 6. The molecule has 0 saturated heterocycles. The first-order valence-electron chi connectivity index (χ1n) is 8.70. The molecule has 132 valence electrons. The number of fused-ring (bicyclic) bond motifs is 1. The van der Waals surface area contributed by atoms with Gasteiger partial charge in [-0.25, -0.2) is 5.43 Å². The summed E-state index contributed by atoms with van der Waals surface area (Å²) in [6.07, 6.45) is 0.293. The molecule has 0 radical (unpaired) electrons. The summed E-state index contributed by atoms with van der Waals surface area (Å²) < 4.78 is 5.43. The molecule has 0 atom stereocenters. The van der Waals surface area contributed by atoms with Gasteiger partial charge in [0.05, 0.1) is 18.7 Å². The van der Waals surface area contributed by atoms with Crippen LogP contribution in [-0.2, 0) is 11.2 Å². The van der Waals surface area contributed by atoms with Crippen molar-refractivity contribution in [1.29, 1.82) is 0 Å². The third-order valence-corrected chi connectivity index (χ3v) is 4.16. The molecule has 0 unspecified atom stereocenters. The molecule has 1 N–H and O–H groups in total. The quantitative estimate of drug-likeness (QED) is 0.534. The number of nitrogens with zero attached hydrogens (tertiary/aromatic N) is 1. The zero-order valence-corrected chi connectivity index (χ0v) is 15.0. The average Bonchev–Trinajstić information content (AvgIpc) is 2.67. The summed E-state index contributed by atoms with van der Waals surface area (Å²) in [5, 5.41) is 6.45. The molecule has 3 rings (SSSR count). The number of carbonyl (C=O) groups excluding carboxylic acids is 1. The highest BCUT2D eigenvalue weighted by Crippen LogP contribution is 2.19. The smallest absolute Gasteiger partial charge is 0.244 e. The Kier molecular flexibility index (Phi) is 5.64. The van der Waals surface area contributed by atoms with Crippen LogP contribution in [0.5, 0.6) is 5.75 Å². The van der Waals surface area contributed by atoms with Gasteiger partial charge in [0.15, 0.2) is 0 Å². The summed E-state index contributed by atoms with van der Waals surface area (Å²) in [4.78, 5) is 12.3. The zero-order valence-electron chi connectivity index (χ0n) is 15.0. The molecule has 0 spiro atoms. The predicted octanol–water partition coefficient (Wildman–Crippen LogP) is 4.32. The Morgan fingerprint density at radius 3 is 2.50 bits per heavy atom. The van der Waals surface area contributed by atoms with E-state index in [0.717, 1.165) is 33.4 Å². The molecule has 0 fully saturated rings. The van der Waals surface area contributed by atoms with E-state index < -0.39 is 0 Å². The number of benzene rings is 3. The van der Waals surface area contributed by atoms with Gasteiger partial charge in [-0.15, -0.1) is 0 Å². The maximum Gasteiger partial charge on any atom is 0.244 e. The first-order valence-corrected chi connectivity index (χ1v) is 8.70. The van der Waals surface area contributed by atoms with Crippen LogP contribution >= 0.6 is 0 Å². The monoisotopic (exact) mass is 346 g/mol. The van der Waals surface area contributed by atoms with Crippen LogP contribution in [-0.4, -0.2) is 18.2 Å². The lowest BCUT2D eigenvalue weighted by atomic mass is 10.0. The molecule has 4 nitrogen and oxygen atoms in total. The topological polar surface area (TPSA) is 50.7 Å². The number of carbonyl (C=O) groups is 1. The van der Waals surface area contributed by atoms with E-state index in [1.54, 1.807) is 0 Å². The summed E-state index contributed by atoms with van der Waals surface area (Å²) in [6, 6.07) is 21.7. The molecule has 3 aromatic carbocycles. The van der Waals surface area contributed by atoms with Crippen molar-refractivity contribution in [3.05, 3.63) is 77.9 Å². The van der Waals surface area contributed by atoms with Crippen LogP contribution in [0.1, 0.15) is 25.0 Å². The molecule has 4 heteroatoms. The Labute approximate surface area is 153 Å². The summed E-state index contributed by atoms with van der Waals surface area (Å²) in [7, 11) is 0. The van der Waals surface area contributed by atoms with Crippen molar-refractivity contribution in [2.45, 2.75) is 20.3 Å². The van der Waals surface area contributed by atoms with Gasteiger partial charge in [-0.3, -0.25) is 4.79 Å². The highest BCUT2D eigenvalue weighted by Gasteiger charge is 2.07. The van der Waals surface area contributed by atoms with E-state index in [1.165, 1.54) is 0 Å². The minimum absolute atomic E-state index is 0.133. The second kappa shape index (κ2) is 8.30. The lowest BCUT2D eigenvalue weighted by Crippen LogP contribution is -2.21. The van der Waals surface area contributed by atoms with Crippen molar-refractivity contribution >= 4 is 22.4 Å². The minimum Gasteiger partial charge on any atom is -0.494 e. The van der Waals surface area contributed by atoms with Gasteiger partial charge in [0.1, 0.15) is 5.75 Å². The molecule has 0 bridgehead atoms. The minimum atomic E-state index is -0.133. The molecular formula is C22H22N2O2. The van der Waals surface area contributed by atoms with Crippen molar-refractivity contribution in [2.24, 2.45) is 5.10 Å². The van der Waals surface area contributed by atoms with Crippen molar-refractivity contribution in [2.75, 3.05) is 6.61 Å². The number of nitrogens with one attached hydrogen (secondary N) is 1. The number of hydrogen-bond acceptors (Lipinski definition) is 3. The molecule has 0 saturated carbocycles. The fourth-order valence-electron chi connectivity index (χ4n) is 2.83. The van der Waals surface area contributed by atoms with E-state index in [4.69, 9.17) is 4.74 Å². The number of hydrazone groups is 1. The molecule has 1 amide bonds. The Hall–Kier alpha value is -3.14. The molecule has 0 aromatic heterocycles. The van der Waals surface area contributed by atoms with Gasteiger partial charge in [-0.2, -0.15) is 5.10 Å². The average molecular weight is 346 g/mol. The highest BCUT2D eigenvalue weighted by atomic mass is 16.5. The van der Waals surface area contributed by atoms with Crippen LogP contribution in [0.3, 0.4) is 0 Å². The maximum atomic E-state index is 12.3. The SMILES string of the molecule is CCOc1ccc(C(C)=NNC(=O)Cc2cccc3ccccc23)cc1. The number of amides is 1. The summed E-state index contributed by atoms with van der Waals surface area (Å²) >= 11 is 0. The van der Waals surface area contributed by atoms with Crippen LogP contribution in [0, 0.1) is 0 Å². The van der Waals surface area contributed by atoms with E-state index >= 15 is 0 Å². The van der Waals surface area contributed by atoms with Crippen molar-refractivity contribution < 1.29 is 9.53 Å². The molecule has 0 aliphatic carbocycles. The van der Waals surface area contributed by atoms with Crippen LogP contribution in [0.25, 0.3) is 10.8 Å². The second-order valence-electron chi connectivity index (χ2n) is 6.00. The highest BCUT2D eigenvalue weighted by molar-refractivity contribution is 5.99. The molecule has 0 aliphatic rings. The molecule has 3 aromatic rings. The maximum absolute atomic E-state index is 12.3. The van der Waals surface area contributed by atoms with Crippen LogP contribution < -0.4 is 10.2 Å². The largest absolute Gasteiger partial charge is 0.494 e. The van der Waals surface area contributed by atoms with E-state index in [0.29, 0.717) is 13.0 Å². The molecular weight excluding hydrogens is 324 g/mol. The molecule has 0 aliphatic heterocycles. The normalized spacial score (nSPS) is 11.4. The fourth-order valence-corrected chi connectivity index (χ4v) is 2.83. The third kappa shape index (κ3) is 4.28. The number of hydrogen-bond donors (Lipinski definition) is 1. The van der Waals surface area contributed by atoms with E-state index in [-0.39, 0.29) is 5.91 Å². The van der Waals surface area contributed by atoms with Gasteiger partial charge >= 0.3 is 0 Å². The van der Waals surface area contributed by atoms with Crippen LogP contribution in [0.4, 0.5) is 0 Å². The van der Waals surface area contributed by atoms with Crippen LogP contribution in [0.2, 0.25) is 0 Å². The Morgan fingerprint density at radius 2 is 1.73 bits per heavy atom. The van der Waals surface area contributed by atoms with Gasteiger partial charge in [0.2, 0.25) is 5.91 Å². The van der Waals surface area contributed by atoms with Gasteiger partial charge < -0.3 is 4.74 Å². The lowest BCUT2D eigenvalue weighted by molar-refractivity contribution is -0.120. The summed E-state index contributed by atoms with van der Waals surface area (Å²) in [5.41, 5.74) is 5.34. The third-order valence-electron chi connectivity index (χ3n) is 4.16. The Morgan fingerprint density at radius 1 is 1.00 bits per heavy atom. The standard InChI is InChI=1S/C22H22N2O2/c1-3-26-20-13-11-17(12-14-20)16(2)23-24-22(25)15-19-9-6-8-18-7-4-5-10-21(18)19/h4-14H,3,15H2,1-2H3,(H,24,25). The van der Waals surface area contributed by atoms with Gasteiger partial charge in [-0.1, -0.05) is 42.5 Å². The number of ether oxygens (including phenoxy) is 1. The first kappa shape index (κ1) is 17.7. The van der Waals surface area contributed by atoms with E-state index in [9.17, 15) is 4.79 Å². The van der Waals surface area contributed by atoms with Crippen molar-refractivity contribution in [1.82, 2.24) is 5.43 Å².